The summed E-state index contributed by atoms with van der Waals surface area (Å²) < 4.78 is 3.65. The molecule has 6 heteroatoms. The fourth-order valence-corrected chi connectivity index (χ4v) is 4.37. The SMILES string of the molecule is Cc1ccn(-c2cccc(C(C)C)c2)c(=O)c1C(=O)N1CCCC(Cn2ccnc2)C1. The van der Waals surface area contributed by atoms with Gasteiger partial charge in [0.05, 0.1) is 6.33 Å². The van der Waals surface area contributed by atoms with E-state index in [0.717, 1.165) is 36.2 Å². The number of benzene rings is 1. The van der Waals surface area contributed by atoms with Crippen molar-refractivity contribution in [2.75, 3.05) is 13.1 Å². The van der Waals surface area contributed by atoms with E-state index in [4.69, 9.17) is 0 Å². The number of nitrogens with zero attached hydrogens (tertiary/aromatic N) is 4. The molecular formula is C25H30N4O2. The Labute approximate surface area is 183 Å². The van der Waals surface area contributed by atoms with Crippen molar-refractivity contribution >= 4 is 5.91 Å². The largest absolute Gasteiger partial charge is 0.338 e. The Morgan fingerprint density at radius 1 is 1.23 bits per heavy atom. The lowest BCUT2D eigenvalue weighted by Gasteiger charge is -2.33. The molecule has 31 heavy (non-hydrogen) atoms. The van der Waals surface area contributed by atoms with Gasteiger partial charge in [-0.05, 0) is 60.9 Å². The molecule has 162 valence electrons. The van der Waals surface area contributed by atoms with E-state index in [1.165, 1.54) is 0 Å². The molecule has 4 rings (SSSR count). The van der Waals surface area contributed by atoms with Crippen LogP contribution in [0.3, 0.4) is 0 Å². The molecule has 1 saturated heterocycles. The van der Waals surface area contributed by atoms with Crippen LogP contribution in [0.2, 0.25) is 0 Å². The fraction of sp³-hybridized carbons (Fsp3) is 0.400. The first-order valence-electron chi connectivity index (χ1n) is 11.0. The third-order valence-corrected chi connectivity index (χ3v) is 6.16. The number of aryl methyl sites for hydroxylation is 1. The summed E-state index contributed by atoms with van der Waals surface area (Å²) in [5.74, 6) is 0.566. The Kier molecular flexibility index (Phi) is 6.07. The van der Waals surface area contributed by atoms with Gasteiger partial charge >= 0.3 is 0 Å². The van der Waals surface area contributed by atoms with Crippen LogP contribution in [0.25, 0.3) is 5.69 Å². The van der Waals surface area contributed by atoms with Crippen LogP contribution in [0.15, 0.2) is 60.0 Å². The third kappa shape index (κ3) is 4.48. The number of imidazole rings is 1. The molecule has 1 amide bonds. The second-order valence-electron chi connectivity index (χ2n) is 8.82. The maximum Gasteiger partial charge on any atom is 0.268 e. The maximum atomic E-state index is 13.4. The van der Waals surface area contributed by atoms with Crippen molar-refractivity contribution in [2.45, 2.75) is 46.1 Å². The predicted octanol–water partition coefficient (Wildman–Crippen LogP) is 4.02. The van der Waals surface area contributed by atoms with E-state index in [2.05, 4.69) is 29.5 Å². The molecule has 0 saturated carbocycles. The molecular weight excluding hydrogens is 388 g/mol. The highest BCUT2D eigenvalue weighted by molar-refractivity contribution is 5.95. The topological polar surface area (TPSA) is 60.1 Å². The van der Waals surface area contributed by atoms with Gasteiger partial charge in [-0.1, -0.05) is 26.0 Å². The van der Waals surface area contributed by atoms with Crippen LogP contribution in [-0.4, -0.2) is 38.0 Å². The summed E-state index contributed by atoms with van der Waals surface area (Å²) in [6.45, 7) is 8.29. The quantitative estimate of drug-likeness (QED) is 0.629. The van der Waals surface area contributed by atoms with E-state index in [9.17, 15) is 9.59 Å². The van der Waals surface area contributed by atoms with Crippen LogP contribution in [0, 0.1) is 12.8 Å². The summed E-state index contributed by atoms with van der Waals surface area (Å²) in [4.78, 5) is 32.8. The highest BCUT2D eigenvalue weighted by Crippen LogP contribution is 2.21. The number of likely N-dealkylation sites (tertiary alicyclic amines) is 1. The summed E-state index contributed by atoms with van der Waals surface area (Å²) in [5.41, 5.74) is 2.71. The zero-order valence-corrected chi connectivity index (χ0v) is 18.5. The van der Waals surface area contributed by atoms with Gasteiger partial charge in [0.2, 0.25) is 0 Å². The maximum absolute atomic E-state index is 13.4. The average molecular weight is 419 g/mol. The number of carbonyl (C=O) groups excluding carboxylic acids is 1. The summed E-state index contributed by atoms with van der Waals surface area (Å²) in [6, 6.07) is 9.83. The van der Waals surface area contributed by atoms with E-state index in [1.54, 1.807) is 17.0 Å². The molecule has 2 aromatic heterocycles. The first-order valence-corrected chi connectivity index (χ1v) is 11.0. The normalized spacial score (nSPS) is 16.6. The van der Waals surface area contributed by atoms with Crippen molar-refractivity contribution in [1.82, 2.24) is 19.0 Å². The van der Waals surface area contributed by atoms with E-state index in [1.807, 2.05) is 48.6 Å². The Balaban J connectivity index is 1.61. The molecule has 0 bridgehead atoms. The molecule has 1 aliphatic heterocycles. The molecule has 3 aromatic rings. The summed E-state index contributed by atoms with van der Waals surface area (Å²) in [5, 5.41) is 0. The van der Waals surface area contributed by atoms with Crippen molar-refractivity contribution in [3.63, 3.8) is 0 Å². The Bertz CT molecular complexity index is 1110. The highest BCUT2D eigenvalue weighted by atomic mass is 16.2. The molecule has 6 nitrogen and oxygen atoms in total. The van der Waals surface area contributed by atoms with Gasteiger partial charge in [-0.15, -0.1) is 0 Å². The van der Waals surface area contributed by atoms with Crippen LogP contribution >= 0.6 is 0 Å². The van der Waals surface area contributed by atoms with Gasteiger partial charge in [0.25, 0.3) is 11.5 Å². The fourth-order valence-electron chi connectivity index (χ4n) is 4.37. The van der Waals surface area contributed by atoms with Crippen molar-refractivity contribution < 1.29 is 4.79 Å². The van der Waals surface area contributed by atoms with Gasteiger partial charge in [0.1, 0.15) is 5.56 Å². The van der Waals surface area contributed by atoms with Gasteiger partial charge in [0.15, 0.2) is 0 Å². The van der Waals surface area contributed by atoms with Crippen LogP contribution in [-0.2, 0) is 6.54 Å². The molecule has 1 atom stereocenters. The third-order valence-electron chi connectivity index (χ3n) is 6.16. The van der Waals surface area contributed by atoms with Gasteiger partial charge in [0, 0.05) is 43.9 Å². The molecule has 1 unspecified atom stereocenters. The lowest BCUT2D eigenvalue weighted by atomic mass is 9.97. The number of amides is 1. The van der Waals surface area contributed by atoms with E-state index in [0.29, 0.717) is 24.9 Å². The standard InChI is InChI=1S/C25H30N4O2/c1-18(2)21-7-4-8-22(14-21)29-12-9-19(3)23(25(29)31)24(30)28-11-5-6-20(16-28)15-27-13-10-26-17-27/h4,7-10,12-14,17-18,20H,5-6,11,15-16H2,1-3H3. The summed E-state index contributed by atoms with van der Waals surface area (Å²) in [6.07, 6.45) is 9.32. The molecule has 1 aliphatic rings. The van der Waals surface area contributed by atoms with Gasteiger partial charge in [-0.25, -0.2) is 4.98 Å². The van der Waals surface area contributed by atoms with Crippen LogP contribution in [0.1, 0.15) is 54.1 Å². The second-order valence-corrected chi connectivity index (χ2v) is 8.82. The van der Waals surface area contributed by atoms with Crippen molar-refractivity contribution in [3.8, 4) is 5.69 Å². The molecule has 3 heterocycles. The van der Waals surface area contributed by atoms with Gasteiger partial charge in [-0.2, -0.15) is 0 Å². The van der Waals surface area contributed by atoms with E-state index in [-0.39, 0.29) is 17.0 Å². The van der Waals surface area contributed by atoms with E-state index < -0.39 is 0 Å². The van der Waals surface area contributed by atoms with Gasteiger partial charge < -0.3 is 9.47 Å². The Hall–Kier alpha value is -3.15. The lowest BCUT2D eigenvalue weighted by Crippen LogP contribution is -2.43. The number of piperidine rings is 1. The number of hydrogen-bond acceptors (Lipinski definition) is 3. The van der Waals surface area contributed by atoms with Crippen molar-refractivity contribution in [1.29, 1.82) is 0 Å². The number of aromatic nitrogens is 3. The number of pyridine rings is 1. The zero-order chi connectivity index (χ0) is 22.0. The molecule has 1 fully saturated rings. The first kappa shape index (κ1) is 21.1. The average Bonchev–Trinajstić information content (AvgIpc) is 3.27. The molecule has 0 aliphatic carbocycles. The molecule has 1 aromatic carbocycles. The van der Waals surface area contributed by atoms with E-state index >= 15 is 0 Å². The monoisotopic (exact) mass is 418 g/mol. The van der Waals surface area contributed by atoms with Crippen molar-refractivity contribution in [3.05, 3.63) is 82.3 Å². The first-order chi connectivity index (χ1) is 14.9. The van der Waals surface area contributed by atoms with Crippen LogP contribution < -0.4 is 5.56 Å². The van der Waals surface area contributed by atoms with Crippen molar-refractivity contribution in [2.24, 2.45) is 5.92 Å². The molecule has 0 N–H and O–H groups in total. The minimum absolute atomic E-state index is 0.160. The van der Waals surface area contributed by atoms with Crippen LogP contribution in [0.4, 0.5) is 0 Å². The highest BCUT2D eigenvalue weighted by Gasteiger charge is 2.28. The van der Waals surface area contributed by atoms with Crippen LogP contribution in [0.5, 0.6) is 0 Å². The molecule has 0 radical (unpaired) electrons. The zero-order valence-electron chi connectivity index (χ0n) is 18.5. The smallest absolute Gasteiger partial charge is 0.268 e. The number of carbonyl (C=O) groups is 1. The minimum atomic E-state index is -0.248. The molecule has 0 spiro atoms. The summed E-state index contributed by atoms with van der Waals surface area (Å²) in [7, 11) is 0. The lowest BCUT2D eigenvalue weighted by molar-refractivity contribution is 0.0659. The Morgan fingerprint density at radius 3 is 2.81 bits per heavy atom. The minimum Gasteiger partial charge on any atom is -0.338 e. The second kappa shape index (κ2) is 8.92. The summed E-state index contributed by atoms with van der Waals surface area (Å²) >= 11 is 0. The predicted molar refractivity (Wildman–Crippen MR) is 122 cm³/mol. The Morgan fingerprint density at radius 2 is 2.06 bits per heavy atom. The van der Waals surface area contributed by atoms with Gasteiger partial charge in [-0.3, -0.25) is 14.2 Å². The number of rotatable bonds is 5. The number of hydrogen-bond donors (Lipinski definition) is 0.